The summed E-state index contributed by atoms with van der Waals surface area (Å²) < 4.78 is 37.9. The SMILES string of the molecule is CCC(=O)c1c(N)sc(C)c1C(F)(F)F. The zero-order valence-corrected chi connectivity index (χ0v) is 9.05. The maximum absolute atomic E-state index is 12.6. The summed E-state index contributed by atoms with van der Waals surface area (Å²) in [5.41, 5.74) is 4.17. The van der Waals surface area contributed by atoms with Crippen LogP contribution < -0.4 is 5.73 Å². The van der Waals surface area contributed by atoms with Gasteiger partial charge in [-0.1, -0.05) is 6.92 Å². The van der Waals surface area contributed by atoms with Gasteiger partial charge in [0, 0.05) is 11.3 Å². The molecule has 0 aromatic carbocycles. The highest BCUT2D eigenvalue weighted by molar-refractivity contribution is 7.16. The summed E-state index contributed by atoms with van der Waals surface area (Å²) >= 11 is 0.803. The van der Waals surface area contributed by atoms with Crippen LogP contribution in [0.5, 0.6) is 0 Å². The molecule has 15 heavy (non-hydrogen) atoms. The lowest BCUT2D eigenvalue weighted by atomic mass is 10.0. The molecular weight excluding hydrogens is 227 g/mol. The quantitative estimate of drug-likeness (QED) is 0.802. The van der Waals surface area contributed by atoms with Gasteiger partial charge in [0.2, 0.25) is 0 Å². The number of halogens is 3. The van der Waals surface area contributed by atoms with Crippen molar-refractivity contribution in [2.24, 2.45) is 0 Å². The number of Topliss-reactive ketones (excluding diaryl/α,β-unsaturated/α-hetero) is 1. The molecule has 0 bridgehead atoms. The van der Waals surface area contributed by atoms with E-state index in [-0.39, 0.29) is 21.9 Å². The molecule has 84 valence electrons. The zero-order chi connectivity index (χ0) is 11.8. The minimum absolute atomic E-state index is 0.0173. The van der Waals surface area contributed by atoms with E-state index in [1.807, 2.05) is 0 Å². The number of carbonyl (C=O) groups excluding carboxylic acids is 1. The molecule has 0 unspecified atom stereocenters. The number of anilines is 1. The minimum atomic E-state index is -4.52. The molecule has 6 heteroatoms. The van der Waals surface area contributed by atoms with Crippen LogP contribution in [0.1, 0.15) is 34.1 Å². The maximum Gasteiger partial charge on any atom is 0.418 e. The number of nitrogen functional groups attached to an aromatic ring is 1. The van der Waals surface area contributed by atoms with Crippen LogP contribution in [0, 0.1) is 6.92 Å². The van der Waals surface area contributed by atoms with Gasteiger partial charge in [-0.15, -0.1) is 11.3 Å². The highest BCUT2D eigenvalue weighted by atomic mass is 32.1. The Balaban J connectivity index is 3.43. The van der Waals surface area contributed by atoms with Crippen molar-refractivity contribution in [3.63, 3.8) is 0 Å². The Hall–Kier alpha value is -1.04. The van der Waals surface area contributed by atoms with Crippen LogP contribution in [0.15, 0.2) is 0 Å². The number of alkyl halides is 3. The van der Waals surface area contributed by atoms with E-state index in [9.17, 15) is 18.0 Å². The first-order chi connectivity index (χ1) is 6.79. The Morgan fingerprint density at radius 3 is 2.40 bits per heavy atom. The first-order valence-corrected chi connectivity index (χ1v) is 5.10. The molecule has 0 atom stereocenters. The Labute approximate surface area is 88.9 Å². The molecule has 0 aliphatic heterocycles. The third kappa shape index (κ3) is 2.14. The summed E-state index contributed by atoms with van der Waals surface area (Å²) in [5, 5.41) is -0.0494. The van der Waals surface area contributed by atoms with Gasteiger partial charge in [-0.25, -0.2) is 0 Å². The molecule has 1 rings (SSSR count). The van der Waals surface area contributed by atoms with Gasteiger partial charge in [0.25, 0.3) is 0 Å². The molecule has 1 heterocycles. The van der Waals surface area contributed by atoms with Crippen LogP contribution in [0.3, 0.4) is 0 Å². The number of hydrogen-bond donors (Lipinski definition) is 1. The Bertz CT molecular complexity index is 395. The zero-order valence-electron chi connectivity index (χ0n) is 8.23. The highest BCUT2D eigenvalue weighted by Crippen LogP contribution is 2.42. The van der Waals surface area contributed by atoms with Crippen molar-refractivity contribution in [3.8, 4) is 0 Å². The third-order valence-electron chi connectivity index (χ3n) is 1.99. The number of thiophene rings is 1. The average Bonchev–Trinajstić information content (AvgIpc) is 2.38. The lowest BCUT2D eigenvalue weighted by Gasteiger charge is -2.08. The molecule has 1 aromatic rings. The predicted molar refractivity (Wildman–Crippen MR) is 53.1 cm³/mol. The van der Waals surface area contributed by atoms with Crippen molar-refractivity contribution in [3.05, 3.63) is 16.0 Å². The first-order valence-electron chi connectivity index (χ1n) is 4.28. The molecular formula is C9H10F3NOS. The van der Waals surface area contributed by atoms with E-state index in [4.69, 9.17) is 5.73 Å². The summed E-state index contributed by atoms with van der Waals surface area (Å²) in [7, 11) is 0. The number of ketones is 1. The van der Waals surface area contributed by atoms with Crippen molar-refractivity contribution < 1.29 is 18.0 Å². The second-order valence-corrected chi connectivity index (χ2v) is 4.30. The number of rotatable bonds is 2. The summed E-state index contributed by atoms with van der Waals surface area (Å²) in [6.45, 7) is 2.82. The normalized spacial score (nSPS) is 11.8. The lowest BCUT2D eigenvalue weighted by molar-refractivity contribution is -0.137. The summed E-state index contributed by atoms with van der Waals surface area (Å²) in [5.74, 6) is -0.566. The molecule has 0 aliphatic carbocycles. The molecule has 1 aromatic heterocycles. The Kier molecular flexibility index (Phi) is 3.08. The molecule has 0 saturated heterocycles. The second-order valence-electron chi connectivity index (χ2n) is 3.05. The number of nitrogens with two attached hydrogens (primary N) is 1. The van der Waals surface area contributed by atoms with E-state index in [1.54, 1.807) is 0 Å². The number of hydrogen-bond acceptors (Lipinski definition) is 3. The van der Waals surface area contributed by atoms with Crippen LogP contribution in [0.25, 0.3) is 0 Å². The van der Waals surface area contributed by atoms with Crippen molar-refractivity contribution in [1.29, 1.82) is 0 Å². The van der Waals surface area contributed by atoms with Gasteiger partial charge in [0.1, 0.15) is 0 Å². The maximum atomic E-state index is 12.6. The van der Waals surface area contributed by atoms with Gasteiger partial charge < -0.3 is 5.73 Å². The van der Waals surface area contributed by atoms with E-state index in [2.05, 4.69) is 0 Å². The fraction of sp³-hybridized carbons (Fsp3) is 0.444. The third-order valence-corrected chi connectivity index (χ3v) is 2.93. The molecule has 0 radical (unpaired) electrons. The van der Waals surface area contributed by atoms with Gasteiger partial charge in [-0.2, -0.15) is 13.2 Å². The first kappa shape index (κ1) is 12.0. The topological polar surface area (TPSA) is 43.1 Å². The molecule has 0 saturated carbocycles. The van der Waals surface area contributed by atoms with Gasteiger partial charge in [-0.3, -0.25) is 4.79 Å². The average molecular weight is 237 g/mol. The van der Waals surface area contributed by atoms with Gasteiger partial charge in [0.15, 0.2) is 5.78 Å². The van der Waals surface area contributed by atoms with Crippen LogP contribution in [-0.2, 0) is 6.18 Å². The van der Waals surface area contributed by atoms with Crippen molar-refractivity contribution >= 4 is 22.1 Å². The number of carbonyl (C=O) groups is 1. The largest absolute Gasteiger partial charge is 0.418 e. The lowest BCUT2D eigenvalue weighted by Crippen LogP contribution is -2.12. The van der Waals surface area contributed by atoms with Gasteiger partial charge in [-0.05, 0) is 6.92 Å². The number of aryl methyl sites for hydroxylation is 1. The van der Waals surface area contributed by atoms with Crippen LogP contribution in [0.2, 0.25) is 0 Å². The summed E-state index contributed by atoms with van der Waals surface area (Å²) in [6.07, 6.45) is -4.50. The van der Waals surface area contributed by atoms with E-state index in [0.717, 1.165) is 11.3 Å². The highest BCUT2D eigenvalue weighted by Gasteiger charge is 2.39. The molecule has 0 spiro atoms. The van der Waals surface area contributed by atoms with Crippen LogP contribution in [-0.4, -0.2) is 5.78 Å². The van der Waals surface area contributed by atoms with E-state index in [1.165, 1.54) is 13.8 Å². The van der Waals surface area contributed by atoms with E-state index in [0.29, 0.717) is 0 Å². The molecule has 0 aliphatic rings. The van der Waals surface area contributed by atoms with Gasteiger partial charge in [0.05, 0.1) is 16.1 Å². The standard InChI is InChI=1S/C9H10F3NOS/c1-3-5(14)6-7(9(10,11)12)4(2)15-8(6)13/h3,13H2,1-2H3. The Morgan fingerprint density at radius 2 is 2.00 bits per heavy atom. The van der Waals surface area contributed by atoms with E-state index < -0.39 is 17.5 Å². The smallest absolute Gasteiger partial charge is 0.390 e. The molecule has 2 N–H and O–H groups in total. The molecule has 0 amide bonds. The van der Waals surface area contributed by atoms with Crippen molar-refractivity contribution in [1.82, 2.24) is 0 Å². The van der Waals surface area contributed by atoms with Crippen LogP contribution in [0.4, 0.5) is 18.2 Å². The van der Waals surface area contributed by atoms with Gasteiger partial charge >= 0.3 is 6.18 Å². The monoisotopic (exact) mass is 237 g/mol. The minimum Gasteiger partial charge on any atom is -0.390 e. The van der Waals surface area contributed by atoms with Crippen molar-refractivity contribution in [2.75, 3.05) is 5.73 Å². The predicted octanol–water partition coefficient (Wildman–Crippen LogP) is 3.25. The molecule has 0 fully saturated rings. The second kappa shape index (κ2) is 3.84. The van der Waals surface area contributed by atoms with E-state index >= 15 is 0 Å². The fourth-order valence-corrected chi connectivity index (χ4v) is 2.33. The fourth-order valence-electron chi connectivity index (χ4n) is 1.36. The Morgan fingerprint density at radius 1 is 1.47 bits per heavy atom. The van der Waals surface area contributed by atoms with Crippen molar-refractivity contribution in [2.45, 2.75) is 26.4 Å². The molecule has 2 nitrogen and oxygen atoms in total. The van der Waals surface area contributed by atoms with Crippen LogP contribution >= 0.6 is 11.3 Å². The summed E-state index contributed by atoms with van der Waals surface area (Å²) in [6, 6.07) is 0. The summed E-state index contributed by atoms with van der Waals surface area (Å²) in [4.78, 5) is 11.4.